The van der Waals surface area contributed by atoms with E-state index in [4.69, 9.17) is 28.7 Å². The van der Waals surface area contributed by atoms with E-state index in [-0.39, 0.29) is 144 Å². The van der Waals surface area contributed by atoms with Crippen molar-refractivity contribution in [2.24, 2.45) is 50.5 Å². The van der Waals surface area contributed by atoms with Crippen molar-refractivity contribution in [3.63, 3.8) is 0 Å². The summed E-state index contributed by atoms with van der Waals surface area (Å²) in [5, 5.41) is 37.4. The summed E-state index contributed by atoms with van der Waals surface area (Å²) < 4.78 is 0. The van der Waals surface area contributed by atoms with E-state index in [1.807, 2.05) is 13.8 Å². The first-order valence-electron chi connectivity index (χ1n) is 31.7. The van der Waals surface area contributed by atoms with E-state index in [1.165, 1.54) is 35.7 Å². The van der Waals surface area contributed by atoms with Crippen molar-refractivity contribution in [2.75, 3.05) is 56.2 Å². The molecule has 2 heterocycles. The SMILES string of the molecule is CSCC[C@@H]1NC(=O)[C@@H](NC(=O)[C@H](CCCN=C(N)N)NC(C)=O)CSSC[C@@H](C(N)=O)NC(=O)[C@@H]2CCCN2C(=O)CCCCNC(=O)[C@H](Cc2ccc(O)cc2)NC(=O)[C@H](C(C)C)NC(=O)[C@H](CCCN=C(N)N)NC(=O)CCCCNC(=O)[C@H](CC(C)C)NC1=O. The van der Waals surface area contributed by atoms with Gasteiger partial charge in [0.05, 0.1) is 0 Å². The highest BCUT2D eigenvalue weighted by molar-refractivity contribution is 8.76. The van der Waals surface area contributed by atoms with Gasteiger partial charge in [0.15, 0.2) is 11.9 Å². The monoisotopic (exact) mass is 1380 g/mol. The highest BCUT2D eigenvalue weighted by Gasteiger charge is 2.37. The number of primary amides is 1. The Labute approximate surface area is 561 Å². The molecule has 2 fully saturated rings. The van der Waals surface area contributed by atoms with Crippen LogP contribution in [-0.4, -0.2) is 203 Å². The van der Waals surface area contributed by atoms with Crippen LogP contribution in [0.2, 0.25) is 0 Å². The first kappa shape index (κ1) is 80.5. The third-order valence-corrected chi connectivity index (χ3v) is 18.1. The molecule has 2 aliphatic rings. The molecule has 34 heteroatoms. The largest absolute Gasteiger partial charge is 0.508 e. The second-order valence-corrected chi connectivity index (χ2v) is 27.3. The molecule has 526 valence electrons. The number of carbonyl (C=O) groups excluding carboxylic acids is 12. The van der Waals surface area contributed by atoms with Gasteiger partial charge in [-0.15, -0.1) is 0 Å². The quantitative estimate of drug-likeness (QED) is 0.0286. The highest BCUT2D eigenvalue weighted by atomic mass is 33.1. The summed E-state index contributed by atoms with van der Waals surface area (Å²) in [6.45, 7) is 8.98. The van der Waals surface area contributed by atoms with Crippen LogP contribution in [0.3, 0.4) is 0 Å². The smallest absolute Gasteiger partial charge is 0.244 e. The van der Waals surface area contributed by atoms with Gasteiger partial charge in [-0.25, -0.2) is 0 Å². The van der Waals surface area contributed by atoms with E-state index < -0.39 is 125 Å². The van der Waals surface area contributed by atoms with Gasteiger partial charge in [-0.2, -0.15) is 11.8 Å². The third-order valence-electron chi connectivity index (χ3n) is 15.0. The summed E-state index contributed by atoms with van der Waals surface area (Å²) >= 11 is 1.39. The predicted octanol–water partition coefficient (Wildman–Crippen LogP) is -2.16. The van der Waals surface area contributed by atoms with Crippen LogP contribution >= 0.6 is 33.3 Å². The average Bonchev–Trinajstić information content (AvgIpc) is 1.66. The van der Waals surface area contributed by atoms with Gasteiger partial charge < -0.3 is 91.8 Å². The number of nitrogens with two attached hydrogens (primary N) is 5. The van der Waals surface area contributed by atoms with Crippen molar-refractivity contribution in [1.29, 1.82) is 0 Å². The van der Waals surface area contributed by atoms with Gasteiger partial charge in [-0.1, -0.05) is 61.4 Å². The van der Waals surface area contributed by atoms with E-state index in [2.05, 4.69) is 63.2 Å². The van der Waals surface area contributed by atoms with E-state index in [0.717, 1.165) is 21.6 Å². The van der Waals surface area contributed by atoms with Crippen LogP contribution in [0.5, 0.6) is 5.75 Å². The number of benzene rings is 1. The number of aliphatic imine (C=N–C) groups is 2. The van der Waals surface area contributed by atoms with Gasteiger partial charge in [-0.05, 0) is 119 Å². The lowest BCUT2D eigenvalue weighted by atomic mass is 10.00. The van der Waals surface area contributed by atoms with Crippen LogP contribution in [-0.2, 0) is 64.0 Å². The lowest BCUT2D eigenvalue weighted by Crippen LogP contribution is -2.59. The number of hydrogen-bond donors (Lipinski definition) is 16. The van der Waals surface area contributed by atoms with E-state index in [0.29, 0.717) is 37.0 Å². The van der Waals surface area contributed by atoms with Crippen LogP contribution in [0.4, 0.5) is 0 Å². The molecule has 1 aromatic carbocycles. The topological polar surface area (TPSA) is 503 Å². The summed E-state index contributed by atoms with van der Waals surface area (Å²) in [7, 11) is 2.08. The Morgan fingerprint density at radius 2 is 1.26 bits per heavy atom. The minimum atomic E-state index is -1.38. The van der Waals surface area contributed by atoms with Crippen LogP contribution in [0, 0.1) is 11.8 Å². The van der Waals surface area contributed by atoms with Crippen molar-refractivity contribution in [2.45, 2.75) is 185 Å². The predicted molar refractivity (Wildman–Crippen MR) is 363 cm³/mol. The molecule has 0 aliphatic carbocycles. The van der Waals surface area contributed by atoms with E-state index in [1.54, 1.807) is 32.2 Å². The van der Waals surface area contributed by atoms with Crippen molar-refractivity contribution in [3.05, 3.63) is 29.8 Å². The molecule has 1 aromatic rings. The van der Waals surface area contributed by atoms with Gasteiger partial charge in [0.2, 0.25) is 70.9 Å². The fourth-order valence-corrected chi connectivity index (χ4v) is 12.9. The molecule has 0 aromatic heterocycles. The first-order chi connectivity index (χ1) is 44.6. The molecular formula is C60H100N18O13S3. The normalized spacial score (nSPS) is 23.4. The molecule has 2 aliphatic heterocycles. The summed E-state index contributed by atoms with van der Waals surface area (Å²) in [6, 6.07) is -4.54. The average molecular weight is 1380 g/mol. The number of fused-ring (bicyclic) bond motifs is 1. The van der Waals surface area contributed by atoms with Crippen LogP contribution in [0.1, 0.15) is 130 Å². The second kappa shape index (κ2) is 43.3. The van der Waals surface area contributed by atoms with Crippen molar-refractivity contribution in [3.8, 4) is 5.75 Å². The fraction of sp³-hybridized carbons (Fsp3) is 0.667. The Hall–Kier alpha value is -7.75. The minimum Gasteiger partial charge on any atom is -0.508 e. The van der Waals surface area contributed by atoms with Crippen molar-refractivity contribution < 1.29 is 62.6 Å². The zero-order chi connectivity index (χ0) is 69.9. The van der Waals surface area contributed by atoms with Gasteiger partial charge in [0.25, 0.3) is 0 Å². The van der Waals surface area contributed by atoms with E-state index >= 15 is 0 Å². The second-order valence-electron chi connectivity index (χ2n) is 23.8. The maximum Gasteiger partial charge on any atom is 0.244 e. The molecular weight excluding hydrogens is 1280 g/mol. The number of phenols is 1. The lowest BCUT2D eigenvalue weighted by molar-refractivity contribution is -0.139. The Morgan fingerprint density at radius 3 is 1.86 bits per heavy atom. The maximum absolute atomic E-state index is 14.5. The molecule has 0 saturated carbocycles. The Kier molecular flexibility index (Phi) is 37.1. The number of carbonyl (C=O) groups is 12. The molecule has 3 rings (SSSR count). The van der Waals surface area contributed by atoms with Crippen molar-refractivity contribution >= 4 is 116 Å². The Morgan fingerprint density at radius 1 is 0.670 bits per heavy atom. The van der Waals surface area contributed by atoms with Gasteiger partial charge >= 0.3 is 0 Å². The number of rotatable bonds is 20. The van der Waals surface area contributed by atoms with Gasteiger partial charge in [0.1, 0.15) is 60.1 Å². The Balaban J connectivity index is 2.01. The summed E-state index contributed by atoms with van der Waals surface area (Å²) in [5.41, 5.74) is 28.4. The highest BCUT2D eigenvalue weighted by Crippen LogP contribution is 2.25. The maximum atomic E-state index is 14.5. The molecule has 94 heavy (non-hydrogen) atoms. The number of nitrogens with zero attached hydrogens (tertiary/aromatic N) is 3. The number of hydrogen-bond acceptors (Lipinski definition) is 18. The summed E-state index contributed by atoms with van der Waals surface area (Å²) in [6.07, 6.45) is 4.54. The van der Waals surface area contributed by atoms with Crippen LogP contribution < -0.4 is 81.8 Å². The minimum absolute atomic E-state index is 0.00182. The van der Waals surface area contributed by atoms with Crippen LogP contribution in [0.15, 0.2) is 34.3 Å². The van der Waals surface area contributed by atoms with Crippen LogP contribution in [0.25, 0.3) is 0 Å². The standard InChI is InChI=1S/C60H100N18O13S3/c1-34(2)30-42-51(84)66-24-9-7-17-47(81)71-40(15-12-27-69-60(64)65)55(88)77-49(35(3)4)58(91)74-43(31-37-19-21-38(80)22-20-37)52(85)67-25-10-8-18-48(82)78-28-13-16-46(78)57(90)75-44(50(61)83)32-93-94-33-45(56(89)72-41(23-29-92-6)54(87)73-42)76-53(86)39(70-36(5)79)14-11-26-68-59(62)63/h19-22,34-35,39-46,49,80H,7-18,23-33H2,1-6H3,(H2,61,83)(H,66,84)(H,67,85)(H,70,79)(H,71,81)(H,72,89)(H,73,87)(H,74,91)(H,75,90)(H,76,86)(H,77,88)(H4,62,63,68)(H4,64,65,69)/t39-,40-,41-,42-,43-,44-,45-,46-,49-/m0/s1. The Bertz CT molecular complexity index is 2760. The molecule has 2 saturated heterocycles. The number of nitrogens with one attached hydrogen (secondary N) is 10. The van der Waals surface area contributed by atoms with Crippen molar-refractivity contribution in [1.82, 2.24) is 58.1 Å². The molecule has 0 bridgehead atoms. The fourth-order valence-electron chi connectivity index (χ4n) is 10.0. The van der Waals surface area contributed by atoms with E-state index in [9.17, 15) is 62.6 Å². The molecule has 9 atom stereocenters. The number of aromatic hydroxyl groups is 1. The summed E-state index contributed by atoms with van der Waals surface area (Å²) in [4.78, 5) is 175. The number of thioether (sulfide) groups is 1. The molecule has 0 unspecified atom stereocenters. The van der Waals surface area contributed by atoms with Gasteiger partial charge in [-0.3, -0.25) is 67.5 Å². The first-order valence-corrected chi connectivity index (χ1v) is 35.6. The number of phenolic OH excluding ortho intramolecular Hbond substituents is 1. The molecule has 31 nitrogen and oxygen atoms in total. The molecule has 0 spiro atoms. The molecule has 0 radical (unpaired) electrons. The number of amides is 12. The third kappa shape index (κ3) is 31.0. The summed E-state index contributed by atoms with van der Waals surface area (Å²) in [5.74, 6) is -8.59. The lowest BCUT2D eigenvalue weighted by Gasteiger charge is -2.27. The van der Waals surface area contributed by atoms with Gasteiger partial charge in [0, 0.05) is 70.4 Å². The zero-order valence-electron chi connectivity index (χ0n) is 54.7. The zero-order valence-corrected chi connectivity index (χ0v) is 57.2. The molecule has 21 N–H and O–H groups in total. The molecule has 12 amide bonds. The number of guanidine groups is 2.